The molecule has 0 aromatic rings. The summed E-state index contributed by atoms with van der Waals surface area (Å²) in [6, 6.07) is 0. The Bertz CT molecular complexity index is 1350. The fourth-order valence-corrected chi connectivity index (χ4v) is 7.12. The summed E-state index contributed by atoms with van der Waals surface area (Å²) < 4.78 is 39.1. The normalized spacial score (nSPS) is 14.1. The number of allylic oxidation sites excluding steroid dienone is 12. The van der Waals surface area contributed by atoms with Crippen LogP contribution in [0.3, 0.4) is 0 Å². The highest BCUT2D eigenvalue weighted by atomic mass is 31.2. The molecule has 0 saturated carbocycles. The predicted octanol–water partition coefficient (Wildman–Crippen LogP) is 13.8. The second kappa shape index (κ2) is 46.4. The van der Waals surface area contributed by atoms with Crippen LogP contribution in [0.4, 0.5) is 0 Å². The van der Waals surface area contributed by atoms with E-state index < -0.39 is 57.8 Å². The minimum absolute atomic E-state index is 0.101. The number of unbranched alkanes of at least 4 members (excludes halogenated alkanes) is 16. The van der Waals surface area contributed by atoms with E-state index in [1.807, 2.05) is 12.2 Å². The largest absolute Gasteiger partial charge is 0.472 e. The molecule has 0 rings (SSSR count). The monoisotopic (exact) mass is 921 g/mol. The van der Waals surface area contributed by atoms with E-state index in [4.69, 9.17) is 23.3 Å². The lowest BCUT2D eigenvalue weighted by atomic mass is 10.1. The number of aliphatic hydroxyl groups is 1. The number of rotatable bonds is 45. The van der Waals surface area contributed by atoms with Crippen LogP contribution >= 0.6 is 7.82 Å². The van der Waals surface area contributed by atoms with E-state index in [1.165, 1.54) is 51.4 Å². The first-order valence-electron chi connectivity index (χ1n) is 24.8. The van der Waals surface area contributed by atoms with Crippen LogP contribution in [-0.4, -0.2) is 66.5 Å². The Morgan fingerprint density at radius 3 is 1.34 bits per heavy atom. The van der Waals surface area contributed by atoms with Crippen molar-refractivity contribution in [3.05, 3.63) is 72.9 Å². The van der Waals surface area contributed by atoms with Crippen molar-refractivity contribution in [1.29, 1.82) is 0 Å². The second-order valence-electron chi connectivity index (χ2n) is 16.2. The summed E-state index contributed by atoms with van der Waals surface area (Å²) >= 11 is 0. The van der Waals surface area contributed by atoms with Gasteiger partial charge < -0.3 is 24.2 Å². The Balaban J connectivity index is 4.87. The summed E-state index contributed by atoms with van der Waals surface area (Å²) in [7, 11) is -4.75. The molecule has 0 amide bonds. The average molecular weight is 921 g/mol. The van der Waals surface area contributed by atoms with Gasteiger partial charge >= 0.3 is 25.7 Å². The number of phosphoric ester groups is 1. The molecule has 3 atom stereocenters. The van der Waals surface area contributed by atoms with Gasteiger partial charge in [-0.25, -0.2) is 4.57 Å². The molecule has 0 fully saturated rings. The summed E-state index contributed by atoms with van der Waals surface area (Å²) in [5, 5.41) is 9.73. The van der Waals surface area contributed by atoms with Gasteiger partial charge in [-0.05, 0) is 77.0 Å². The van der Waals surface area contributed by atoms with Crippen molar-refractivity contribution in [2.45, 2.75) is 213 Å². The van der Waals surface area contributed by atoms with Crippen LogP contribution in [-0.2, 0) is 42.2 Å². The maximum atomic E-state index is 12.8. The molecule has 0 heterocycles. The highest BCUT2D eigenvalue weighted by Crippen LogP contribution is 2.43. The molecule has 0 spiro atoms. The first kappa shape index (κ1) is 60.9. The van der Waals surface area contributed by atoms with Crippen LogP contribution in [0.5, 0.6) is 0 Å². The lowest BCUT2D eigenvalue weighted by Gasteiger charge is -2.21. The Labute approximate surface area is 388 Å². The van der Waals surface area contributed by atoms with Gasteiger partial charge in [0.1, 0.15) is 12.7 Å². The van der Waals surface area contributed by atoms with E-state index in [9.17, 15) is 28.9 Å². The summed E-state index contributed by atoms with van der Waals surface area (Å²) in [5.41, 5.74) is 0. The molecule has 0 saturated heterocycles. The van der Waals surface area contributed by atoms with Gasteiger partial charge in [0.25, 0.3) is 0 Å². The predicted molar refractivity (Wildman–Crippen MR) is 261 cm³/mol. The van der Waals surface area contributed by atoms with Gasteiger partial charge in [0.15, 0.2) is 6.10 Å². The zero-order valence-corrected chi connectivity index (χ0v) is 41.1. The van der Waals surface area contributed by atoms with Gasteiger partial charge in [0.05, 0.1) is 19.8 Å². The molecule has 0 aromatic heterocycles. The third-order valence-electron chi connectivity index (χ3n) is 10.1. The minimum Gasteiger partial charge on any atom is -0.462 e. The number of ether oxygens (including phenoxy) is 3. The number of hydrogen-bond acceptors (Lipinski definition) is 10. The standard InChI is InChI=1S/C52H89O11P/c1-4-7-10-13-16-19-21-23-24-26-28-31-34-37-40-43-52(56)63-49(45-59-50(54)41-38-35-32-30-27-25-22-20-17-14-11-8-5-2)47-61-64(57,58)60-46-48(44-53)62-51(55)42-39-36-33-29-18-15-12-9-6-3/h8,11,16-17,19-20,23-25,27,32,35,48-49,53H,4-7,9-10,12-15,18,21-22,26,28-31,33-34,36-47H2,1-3H3,(H,57,58)/b11-8-,19-16-,20-17-,24-23-,27-25-,35-32-. The molecule has 0 radical (unpaired) electrons. The van der Waals surface area contributed by atoms with E-state index in [0.29, 0.717) is 19.3 Å². The second-order valence-corrected chi connectivity index (χ2v) is 17.7. The summed E-state index contributed by atoms with van der Waals surface area (Å²) in [6.45, 7) is 4.35. The summed E-state index contributed by atoms with van der Waals surface area (Å²) in [6.07, 6.45) is 49.0. The fourth-order valence-electron chi connectivity index (χ4n) is 6.34. The molecule has 0 aliphatic carbocycles. The van der Waals surface area contributed by atoms with E-state index in [-0.39, 0.29) is 25.9 Å². The molecule has 0 aliphatic heterocycles. The van der Waals surface area contributed by atoms with Crippen molar-refractivity contribution in [1.82, 2.24) is 0 Å². The highest BCUT2D eigenvalue weighted by Gasteiger charge is 2.28. The Kier molecular flexibility index (Phi) is 44.2. The zero-order chi connectivity index (χ0) is 47.0. The molecule has 3 unspecified atom stereocenters. The van der Waals surface area contributed by atoms with Crippen molar-refractivity contribution in [2.75, 3.05) is 26.4 Å². The molecular weight excluding hydrogens is 832 g/mol. The van der Waals surface area contributed by atoms with Gasteiger partial charge in [-0.2, -0.15) is 0 Å². The van der Waals surface area contributed by atoms with Crippen molar-refractivity contribution in [3.8, 4) is 0 Å². The van der Waals surface area contributed by atoms with Gasteiger partial charge in [-0.3, -0.25) is 23.4 Å². The van der Waals surface area contributed by atoms with Crippen molar-refractivity contribution >= 4 is 25.7 Å². The van der Waals surface area contributed by atoms with E-state index >= 15 is 0 Å². The third-order valence-corrected chi connectivity index (χ3v) is 11.1. The van der Waals surface area contributed by atoms with Crippen LogP contribution in [0, 0.1) is 0 Å². The quantitative estimate of drug-likeness (QED) is 0.0197. The number of aliphatic hydroxyl groups excluding tert-OH is 1. The Hall–Kier alpha value is -3.08. The molecule has 0 aromatic carbocycles. The number of hydrogen-bond donors (Lipinski definition) is 2. The van der Waals surface area contributed by atoms with Crippen LogP contribution < -0.4 is 0 Å². The SMILES string of the molecule is CC/C=C\C/C=C\C/C=C\C/C=C\CCC(=O)OCC(COP(=O)(O)OCC(CO)OC(=O)CCCCCCCCCCC)OC(=O)CCCCCCC/C=C\C/C=C\CCCCC. The Morgan fingerprint density at radius 2 is 0.844 bits per heavy atom. The van der Waals surface area contributed by atoms with Gasteiger partial charge in [-0.15, -0.1) is 0 Å². The van der Waals surface area contributed by atoms with E-state index in [0.717, 1.165) is 89.9 Å². The zero-order valence-electron chi connectivity index (χ0n) is 40.2. The van der Waals surface area contributed by atoms with Crippen molar-refractivity contribution in [2.24, 2.45) is 0 Å². The number of phosphoric acid groups is 1. The summed E-state index contributed by atoms with van der Waals surface area (Å²) in [5.74, 6) is -1.59. The van der Waals surface area contributed by atoms with E-state index in [2.05, 4.69) is 81.5 Å². The third kappa shape index (κ3) is 44.1. The van der Waals surface area contributed by atoms with Crippen LogP contribution in [0.25, 0.3) is 0 Å². The maximum absolute atomic E-state index is 12.8. The lowest BCUT2D eigenvalue weighted by Crippen LogP contribution is -2.30. The van der Waals surface area contributed by atoms with Crippen LogP contribution in [0.1, 0.15) is 201 Å². The maximum Gasteiger partial charge on any atom is 0.472 e. The number of carbonyl (C=O) groups is 3. The number of carbonyl (C=O) groups excluding carboxylic acids is 3. The fraction of sp³-hybridized carbons (Fsp3) is 0.712. The molecular formula is C52H89O11P. The molecule has 2 N–H and O–H groups in total. The van der Waals surface area contributed by atoms with Crippen LogP contribution in [0.15, 0.2) is 72.9 Å². The molecule has 0 bridgehead atoms. The van der Waals surface area contributed by atoms with Gasteiger partial charge in [-0.1, -0.05) is 177 Å². The molecule has 0 aliphatic rings. The van der Waals surface area contributed by atoms with Gasteiger partial charge in [0, 0.05) is 19.3 Å². The first-order chi connectivity index (χ1) is 31.2. The molecule has 11 nitrogen and oxygen atoms in total. The first-order valence-corrected chi connectivity index (χ1v) is 26.3. The van der Waals surface area contributed by atoms with Crippen LogP contribution in [0.2, 0.25) is 0 Å². The Morgan fingerprint density at radius 1 is 0.453 bits per heavy atom. The smallest absolute Gasteiger partial charge is 0.462 e. The molecule has 368 valence electrons. The number of esters is 3. The molecule has 64 heavy (non-hydrogen) atoms. The summed E-state index contributed by atoms with van der Waals surface area (Å²) in [4.78, 5) is 48.1. The molecule has 12 heteroatoms. The highest BCUT2D eigenvalue weighted by molar-refractivity contribution is 7.47. The average Bonchev–Trinajstić information content (AvgIpc) is 3.28. The van der Waals surface area contributed by atoms with E-state index in [1.54, 1.807) is 0 Å². The topological polar surface area (TPSA) is 155 Å². The van der Waals surface area contributed by atoms with Crippen molar-refractivity contribution in [3.63, 3.8) is 0 Å². The minimum atomic E-state index is -4.75. The lowest BCUT2D eigenvalue weighted by molar-refractivity contribution is -0.161. The van der Waals surface area contributed by atoms with Gasteiger partial charge in [0.2, 0.25) is 0 Å². The van der Waals surface area contributed by atoms with Crippen molar-refractivity contribution < 1.29 is 52.2 Å².